The molecule has 3 aliphatic rings. The van der Waals surface area contributed by atoms with Crippen molar-refractivity contribution < 1.29 is 4.79 Å². The first-order valence-electron chi connectivity index (χ1n) is 5.35. The van der Waals surface area contributed by atoms with Crippen molar-refractivity contribution in [3.63, 3.8) is 0 Å². The van der Waals surface area contributed by atoms with Crippen LogP contribution in [0.25, 0.3) is 0 Å². The predicted molar refractivity (Wildman–Crippen MR) is 46.6 cm³/mol. The van der Waals surface area contributed by atoms with Crippen LogP contribution in [0.5, 0.6) is 0 Å². The molecule has 3 unspecified atom stereocenters. The van der Waals surface area contributed by atoms with E-state index in [1.165, 1.54) is 38.4 Å². The molecule has 0 aromatic heterocycles. The number of aldehydes is 1. The molecular formula is C11H16O. The van der Waals surface area contributed by atoms with Crippen LogP contribution in [0.1, 0.15) is 32.1 Å². The highest BCUT2D eigenvalue weighted by Crippen LogP contribution is 2.60. The molecule has 3 fully saturated rings. The van der Waals surface area contributed by atoms with Crippen LogP contribution >= 0.6 is 0 Å². The first kappa shape index (κ1) is 7.11. The summed E-state index contributed by atoms with van der Waals surface area (Å²) in [6, 6.07) is 0. The SMILES string of the molecule is O=CC1CC[C@H]2C3CCC(C3)[C@@H]12. The maximum atomic E-state index is 10.8. The Morgan fingerprint density at radius 1 is 1.00 bits per heavy atom. The van der Waals surface area contributed by atoms with Crippen molar-refractivity contribution in [2.45, 2.75) is 32.1 Å². The van der Waals surface area contributed by atoms with Gasteiger partial charge >= 0.3 is 0 Å². The molecular weight excluding hydrogens is 148 g/mol. The zero-order chi connectivity index (χ0) is 8.13. The molecule has 1 heteroatoms. The van der Waals surface area contributed by atoms with Gasteiger partial charge in [-0.15, -0.1) is 0 Å². The lowest BCUT2D eigenvalue weighted by atomic mass is 9.78. The Balaban J connectivity index is 1.89. The van der Waals surface area contributed by atoms with Gasteiger partial charge in [-0.1, -0.05) is 0 Å². The van der Waals surface area contributed by atoms with Crippen LogP contribution in [-0.4, -0.2) is 6.29 Å². The summed E-state index contributed by atoms with van der Waals surface area (Å²) >= 11 is 0. The fourth-order valence-corrected chi connectivity index (χ4v) is 4.29. The molecule has 0 amide bonds. The van der Waals surface area contributed by atoms with Crippen LogP contribution in [0.2, 0.25) is 0 Å². The van der Waals surface area contributed by atoms with Crippen LogP contribution in [0.15, 0.2) is 0 Å². The maximum Gasteiger partial charge on any atom is 0.123 e. The second-order valence-corrected chi connectivity index (χ2v) is 4.95. The molecule has 0 aromatic carbocycles. The van der Waals surface area contributed by atoms with Crippen molar-refractivity contribution in [1.29, 1.82) is 0 Å². The molecule has 66 valence electrons. The lowest BCUT2D eigenvalue weighted by Gasteiger charge is -2.26. The molecule has 0 heterocycles. The van der Waals surface area contributed by atoms with Crippen LogP contribution in [0, 0.1) is 29.6 Å². The minimum atomic E-state index is 0.449. The first-order valence-corrected chi connectivity index (χ1v) is 5.35. The summed E-state index contributed by atoms with van der Waals surface area (Å²) in [5.41, 5.74) is 0. The number of hydrogen-bond acceptors (Lipinski definition) is 1. The minimum Gasteiger partial charge on any atom is -0.303 e. The molecule has 3 aliphatic carbocycles. The van der Waals surface area contributed by atoms with Crippen LogP contribution in [0.4, 0.5) is 0 Å². The van der Waals surface area contributed by atoms with E-state index in [-0.39, 0.29) is 0 Å². The van der Waals surface area contributed by atoms with Crippen LogP contribution < -0.4 is 0 Å². The molecule has 0 aromatic rings. The van der Waals surface area contributed by atoms with E-state index in [1.54, 1.807) is 0 Å². The number of hydrogen-bond donors (Lipinski definition) is 0. The molecule has 0 spiro atoms. The summed E-state index contributed by atoms with van der Waals surface area (Å²) in [7, 11) is 0. The monoisotopic (exact) mass is 164 g/mol. The standard InChI is InChI=1S/C11H16O/c12-6-9-3-4-10-7-1-2-8(5-7)11(9)10/h6-11H,1-5H2/t7?,8?,9?,10-,11-/m0/s1. The number of carbonyl (C=O) groups excluding carboxylic acids is 1. The van der Waals surface area contributed by atoms with Gasteiger partial charge < -0.3 is 4.79 Å². The smallest absolute Gasteiger partial charge is 0.123 e. The summed E-state index contributed by atoms with van der Waals surface area (Å²) in [6.07, 6.45) is 8.15. The molecule has 0 aliphatic heterocycles. The van der Waals surface area contributed by atoms with E-state index in [9.17, 15) is 4.79 Å². The third-order valence-electron chi connectivity index (χ3n) is 4.66. The molecule has 3 rings (SSSR count). The normalized spacial score (nSPS) is 55.8. The molecule has 5 atom stereocenters. The van der Waals surface area contributed by atoms with Gasteiger partial charge in [0, 0.05) is 5.92 Å². The van der Waals surface area contributed by atoms with Gasteiger partial charge in [0.1, 0.15) is 6.29 Å². The lowest BCUT2D eigenvalue weighted by Crippen LogP contribution is -2.22. The highest BCUT2D eigenvalue weighted by molar-refractivity contribution is 5.55. The molecule has 2 bridgehead atoms. The van der Waals surface area contributed by atoms with E-state index >= 15 is 0 Å². The average molecular weight is 164 g/mol. The first-order chi connectivity index (χ1) is 5.90. The maximum absolute atomic E-state index is 10.8. The van der Waals surface area contributed by atoms with Crippen molar-refractivity contribution in [3.05, 3.63) is 0 Å². The Kier molecular flexibility index (Phi) is 1.38. The zero-order valence-corrected chi connectivity index (χ0v) is 7.41. The van der Waals surface area contributed by atoms with E-state index in [4.69, 9.17) is 0 Å². The van der Waals surface area contributed by atoms with Gasteiger partial charge in [-0.2, -0.15) is 0 Å². The van der Waals surface area contributed by atoms with E-state index in [0.717, 1.165) is 23.7 Å². The Morgan fingerprint density at radius 2 is 1.83 bits per heavy atom. The van der Waals surface area contributed by atoms with Gasteiger partial charge in [-0.05, 0) is 55.8 Å². The van der Waals surface area contributed by atoms with E-state index in [2.05, 4.69) is 0 Å². The van der Waals surface area contributed by atoms with Crippen molar-refractivity contribution in [2.24, 2.45) is 29.6 Å². The Morgan fingerprint density at radius 3 is 2.67 bits per heavy atom. The van der Waals surface area contributed by atoms with Gasteiger partial charge in [-0.3, -0.25) is 0 Å². The van der Waals surface area contributed by atoms with Crippen LogP contribution in [-0.2, 0) is 4.79 Å². The third kappa shape index (κ3) is 0.725. The molecule has 0 N–H and O–H groups in total. The van der Waals surface area contributed by atoms with Gasteiger partial charge in [0.2, 0.25) is 0 Å². The van der Waals surface area contributed by atoms with Crippen molar-refractivity contribution >= 4 is 6.29 Å². The fraction of sp³-hybridized carbons (Fsp3) is 0.909. The Bertz CT molecular complexity index is 211. The molecule has 0 saturated heterocycles. The summed E-state index contributed by atoms with van der Waals surface area (Å²) in [4.78, 5) is 10.8. The summed E-state index contributed by atoms with van der Waals surface area (Å²) in [5.74, 6) is 4.19. The number of rotatable bonds is 1. The average Bonchev–Trinajstić information content (AvgIpc) is 2.76. The van der Waals surface area contributed by atoms with E-state index in [1.807, 2.05) is 0 Å². The summed E-state index contributed by atoms with van der Waals surface area (Å²) in [5, 5.41) is 0. The zero-order valence-electron chi connectivity index (χ0n) is 7.41. The van der Waals surface area contributed by atoms with Gasteiger partial charge in [0.15, 0.2) is 0 Å². The van der Waals surface area contributed by atoms with Gasteiger partial charge in [-0.25, -0.2) is 0 Å². The minimum absolute atomic E-state index is 0.449. The second kappa shape index (κ2) is 2.34. The second-order valence-electron chi connectivity index (χ2n) is 4.95. The Labute approximate surface area is 73.5 Å². The highest BCUT2D eigenvalue weighted by Gasteiger charge is 2.52. The highest BCUT2D eigenvalue weighted by atomic mass is 16.1. The number of carbonyl (C=O) groups is 1. The van der Waals surface area contributed by atoms with Gasteiger partial charge in [0.05, 0.1) is 0 Å². The molecule has 3 saturated carbocycles. The molecule has 12 heavy (non-hydrogen) atoms. The lowest BCUT2D eigenvalue weighted by molar-refractivity contribution is -0.112. The number of fused-ring (bicyclic) bond motifs is 5. The van der Waals surface area contributed by atoms with Crippen molar-refractivity contribution in [2.75, 3.05) is 0 Å². The topological polar surface area (TPSA) is 17.1 Å². The fourth-order valence-electron chi connectivity index (χ4n) is 4.29. The molecule has 1 nitrogen and oxygen atoms in total. The third-order valence-corrected chi connectivity index (χ3v) is 4.66. The van der Waals surface area contributed by atoms with Crippen molar-refractivity contribution in [1.82, 2.24) is 0 Å². The largest absolute Gasteiger partial charge is 0.303 e. The van der Waals surface area contributed by atoms with Gasteiger partial charge in [0.25, 0.3) is 0 Å². The quantitative estimate of drug-likeness (QED) is 0.543. The van der Waals surface area contributed by atoms with E-state index < -0.39 is 0 Å². The van der Waals surface area contributed by atoms with E-state index in [0.29, 0.717) is 5.92 Å². The van der Waals surface area contributed by atoms with Crippen LogP contribution in [0.3, 0.4) is 0 Å². The molecule has 0 radical (unpaired) electrons. The predicted octanol–water partition coefficient (Wildman–Crippen LogP) is 2.26. The summed E-state index contributed by atoms with van der Waals surface area (Å²) < 4.78 is 0. The summed E-state index contributed by atoms with van der Waals surface area (Å²) in [6.45, 7) is 0. The Hall–Kier alpha value is -0.330. The van der Waals surface area contributed by atoms with Crippen molar-refractivity contribution in [3.8, 4) is 0 Å².